The summed E-state index contributed by atoms with van der Waals surface area (Å²) in [6.45, 7) is 1.37. The van der Waals surface area contributed by atoms with Gasteiger partial charge < -0.3 is 5.32 Å². The molecule has 0 aliphatic rings. The van der Waals surface area contributed by atoms with Gasteiger partial charge in [0, 0.05) is 31.5 Å². The van der Waals surface area contributed by atoms with Crippen LogP contribution in [0.4, 0.5) is 0 Å². The number of hydrogen-bond donors (Lipinski definition) is 1. The molecule has 0 spiro atoms. The van der Waals surface area contributed by atoms with Crippen molar-refractivity contribution >= 4 is 17.7 Å². The monoisotopic (exact) mass is 291 g/mol. The van der Waals surface area contributed by atoms with Gasteiger partial charge in [0.05, 0.1) is 5.03 Å². The third-order valence-electron chi connectivity index (χ3n) is 2.57. The molecule has 0 saturated carbocycles. The van der Waals surface area contributed by atoms with Gasteiger partial charge in [-0.2, -0.15) is 5.10 Å². The van der Waals surface area contributed by atoms with Crippen molar-refractivity contribution in [3.63, 3.8) is 0 Å². The van der Waals surface area contributed by atoms with Crippen LogP contribution in [-0.4, -0.2) is 38.0 Å². The number of thioether (sulfide) groups is 1. The topological polar surface area (TPSA) is 72.7 Å². The van der Waals surface area contributed by atoms with Crippen LogP contribution < -0.4 is 5.32 Å². The van der Waals surface area contributed by atoms with Gasteiger partial charge in [0.15, 0.2) is 0 Å². The molecule has 106 valence electrons. The summed E-state index contributed by atoms with van der Waals surface area (Å²) >= 11 is 1.64. The number of aromatic nitrogens is 4. The predicted octanol–water partition coefficient (Wildman–Crippen LogP) is 1.36. The van der Waals surface area contributed by atoms with E-state index in [0.29, 0.717) is 13.0 Å². The fraction of sp³-hybridized carbons (Fsp3) is 0.385. The van der Waals surface area contributed by atoms with Gasteiger partial charge in [-0.25, -0.2) is 9.97 Å². The summed E-state index contributed by atoms with van der Waals surface area (Å²) in [5, 5.41) is 7.87. The molecule has 0 radical (unpaired) electrons. The average molecular weight is 291 g/mol. The lowest BCUT2D eigenvalue weighted by molar-refractivity contribution is -0.121. The van der Waals surface area contributed by atoms with Crippen molar-refractivity contribution in [2.75, 3.05) is 12.3 Å². The molecule has 2 aromatic heterocycles. The molecule has 0 aliphatic heterocycles. The number of rotatable bonds is 8. The molecule has 2 rings (SSSR count). The molecule has 20 heavy (non-hydrogen) atoms. The first kappa shape index (κ1) is 14.5. The fourth-order valence-electron chi connectivity index (χ4n) is 1.62. The molecule has 1 amide bonds. The number of amides is 1. The summed E-state index contributed by atoms with van der Waals surface area (Å²) < 4.78 is 1.73. The van der Waals surface area contributed by atoms with Gasteiger partial charge in [-0.15, -0.1) is 11.8 Å². The van der Waals surface area contributed by atoms with Crippen LogP contribution in [0.3, 0.4) is 0 Å². The zero-order valence-electron chi connectivity index (χ0n) is 11.1. The van der Waals surface area contributed by atoms with E-state index < -0.39 is 0 Å². The normalized spacial score (nSPS) is 10.4. The maximum atomic E-state index is 11.6. The Morgan fingerprint density at radius 1 is 1.40 bits per heavy atom. The lowest BCUT2D eigenvalue weighted by Crippen LogP contribution is -2.25. The number of carbonyl (C=O) groups excluding carboxylic acids is 1. The molecule has 6 nitrogen and oxygen atoms in total. The third kappa shape index (κ3) is 5.40. The molecule has 0 aromatic carbocycles. The summed E-state index contributed by atoms with van der Waals surface area (Å²) in [5.41, 5.74) is 0. The van der Waals surface area contributed by atoms with E-state index in [2.05, 4.69) is 20.4 Å². The summed E-state index contributed by atoms with van der Waals surface area (Å²) in [7, 11) is 0. The summed E-state index contributed by atoms with van der Waals surface area (Å²) in [4.78, 5) is 19.7. The summed E-state index contributed by atoms with van der Waals surface area (Å²) in [6, 6.07) is 5.81. The SMILES string of the molecule is O=C(CCCn1cncn1)NCCSc1ccccn1. The predicted molar refractivity (Wildman–Crippen MR) is 77.2 cm³/mol. The Morgan fingerprint density at radius 2 is 2.35 bits per heavy atom. The molecular formula is C13H17N5OS. The van der Waals surface area contributed by atoms with Crippen LogP contribution in [0.2, 0.25) is 0 Å². The van der Waals surface area contributed by atoms with Crippen LogP contribution >= 0.6 is 11.8 Å². The molecule has 0 unspecified atom stereocenters. The molecule has 0 aliphatic carbocycles. The van der Waals surface area contributed by atoms with E-state index in [9.17, 15) is 4.79 Å². The van der Waals surface area contributed by atoms with Crippen molar-refractivity contribution in [3.8, 4) is 0 Å². The zero-order chi connectivity index (χ0) is 14.0. The highest BCUT2D eigenvalue weighted by molar-refractivity contribution is 7.99. The maximum Gasteiger partial charge on any atom is 0.220 e. The minimum atomic E-state index is 0.0757. The van der Waals surface area contributed by atoms with Gasteiger partial charge >= 0.3 is 0 Å². The molecule has 0 fully saturated rings. The van der Waals surface area contributed by atoms with Gasteiger partial charge in [-0.1, -0.05) is 6.07 Å². The largest absolute Gasteiger partial charge is 0.355 e. The van der Waals surface area contributed by atoms with Crippen LogP contribution in [0.15, 0.2) is 42.1 Å². The van der Waals surface area contributed by atoms with Crippen molar-refractivity contribution < 1.29 is 4.79 Å². The van der Waals surface area contributed by atoms with Crippen molar-refractivity contribution in [2.45, 2.75) is 24.4 Å². The summed E-state index contributed by atoms with van der Waals surface area (Å²) in [5.74, 6) is 0.901. The molecule has 2 aromatic rings. The number of pyridine rings is 1. The Balaban J connectivity index is 1.52. The van der Waals surface area contributed by atoms with Crippen molar-refractivity contribution in [1.82, 2.24) is 25.1 Å². The highest BCUT2D eigenvalue weighted by Gasteiger charge is 2.01. The fourth-order valence-corrected chi connectivity index (χ4v) is 2.34. The Morgan fingerprint density at radius 3 is 3.10 bits per heavy atom. The Kier molecular flexibility index (Phi) is 6.04. The lowest BCUT2D eigenvalue weighted by atomic mass is 10.3. The van der Waals surface area contributed by atoms with Crippen molar-refractivity contribution in [2.24, 2.45) is 0 Å². The van der Waals surface area contributed by atoms with Crippen LogP contribution in [0.5, 0.6) is 0 Å². The van der Waals surface area contributed by atoms with E-state index in [1.54, 1.807) is 29.0 Å². The minimum Gasteiger partial charge on any atom is -0.355 e. The quantitative estimate of drug-likeness (QED) is 0.587. The van der Waals surface area contributed by atoms with Crippen LogP contribution in [0, 0.1) is 0 Å². The van der Waals surface area contributed by atoms with E-state index in [0.717, 1.165) is 23.7 Å². The highest BCUT2D eigenvalue weighted by atomic mass is 32.2. The summed E-state index contributed by atoms with van der Waals surface area (Å²) in [6.07, 6.45) is 6.19. The molecule has 0 atom stereocenters. The first-order valence-electron chi connectivity index (χ1n) is 6.47. The standard InChI is InChI=1S/C13H17N5OS/c19-12(4-3-8-18-11-14-10-17-18)15-7-9-20-13-5-1-2-6-16-13/h1-2,5-6,10-11H,3-4,7-9H2,(H,15,19). The van der Waals surface area contributed by atoms with Crippen LogP contribution in [-0.2, 0) is 11.3 Å². The first-order chi connectivity index (χ1) is 9.84. The molecule has 7 heteroatoms. The third-order valence-corrected chi connectivity index (χ3v) is 3.52. The van der Waals surface area contributed by atoms with E-state index in [4.69, 9.17) is 0 Å². The van der Waals surface area contributed by atoms with Crippen LogP contribution in [0.1, 0.15) is 12.8 Å². The van der Waals surface area contributed by atoms with Crippen molar-refractivity contribution in [3.05, 3.63) is 37.1 Å². The van der Waals surface area contributed by atoms with Gasteiger partial charge in [0.2, 0.25) is 5.91 Å². The van der Waals surface area contributed by atoms with Gasteiger partial charge in [0.1, 0.15) is 12.7 Å². The second-order valence-electron chi connectivity index (χ2n) is 4.13. The van der Waals surface area contributed by atoms with E-state index >= 15 is 0 Å². The highest BCUT2D eigenvalue weighted by Crippen LogP contribution is 2.12. The Labute approximate surface area is 122 Å². The van der Waals surface area contributed by atoms with Gasteiger partial charge in [-0.3, -0.25) is 9.48 Å². The Hall–Kier alpha value is -1.89. The number of aryl methyl sites for hydroxylation is 1. The Bertz CT molecular complexity index is 503. The molecule has 2 heterocycles. The number of nitrogens with one attached hydrogen (secondary N) is 1. The zero-order valence-corrected chi connectivity index (χ0v) is 11.9. The van der Waals surface area contributed by atoms with Gasteiger partial charge in [-0.05, 0) is 18.6 Å². The average Bonchev–Trinajstić information content (AvgIpc) is 2.98. The first-order valence-corrected chi connectivity index (χ1v) is 7.46. The lowest BCUT2D eigenvalue weighted by Gasteiger charge is -2.05. The van der Waals surface area contributed by atoms with Crippen LogP contribution in [0.25, 0.3) is 0 Å². The second kappa shape index (κ2) is 8.31. The smallest absolute Gasteiger partial charge is 0.220 e. The number of carbonyl (C=O) groups is 1. The number of hydrogen-bond acceptors (Lipinski definition) is 5. The van der Waals surface area contributed by atoms with Crippen molar-refractivity contribution in [1.29, 1.82) is 0 Å². The second-order valence-corrected chi connectivity index (χ2v) is 5.24. The maximum absolute atomic E-state index is 11.6. The molecular weight excluding hydrogens is 274 g/mol. The molecule has 0 saturated heterocycles. The van der Waals surface area contributed by atoms with E-state index in [1.165, 1.54) is 6.33 Å². The van der Waals surface area contributed by atoms with E-state index in [-0.39, 0.29) is 5.91 Å². The molecule has 0 bridgehead atoms. The van der Waals surface area contributed by atoms with E-state index in [1.807, 2.05) is 18.2 Å². The molecule has 1 N–H and O–H groups in total. The number of nitrogens with zero attached hydrogens (tertiary/aromatic N) is 4. The van der Waals surface area contributed by atoms with Gasteiger partial charge in [0.25, 0.3) is 0 Å². The minimum absolute atomic E-state index is 0.0757.